The molecule has 1 heterocycles. The first-order chi connectivity index (χ1) is 7.74. The number of carbonyl (C=O) groups excluding carboxylic acids is 1. The molecule has 4 nitrogen and oxygen atoms in total. The zero-order valence-electron chi connectivity index (χ0n) is 8.76. The molecule has 0 aliphatic carbocycles. The van der Waals surface area contributed by atoms with Crippen LogP contribution < -0.4 is 0 Å². The molecule has 1 saturated heterocycles. The highest BCUT2D eigenvalue weighted by molar-refractivity contribution is 5.94. The molecule has 1 aromatic carbocycles. The molecule has 1 N–H and O–H groups in total. The molecule has 1 fully saturated rings. The third-order valence-electron chi connectivity index (χ3n) is 2.76. The first kappa shape index (κ1) is 10.7. The third-order valence-corrected chi connectivity index (χ3v) is 2.76. The number of benzene rings is 1. The number of carbonyl (C=O) groups is 1. The highest BCUT2D eigenvalue weighted by Gasteiger charge is 2.30. The summed E-state index contributed by atoms with van der Waals surface area (Å²) in [5, 5.41) is 17.5. The molecule has 0 saturated carbocycles. The fourth-order valence-corrected chi connectivity index (χ4v) is 1.72. The number of aliphatic hydroxyl groups is 1. The average molecular weight is 216 g/mol. The van der Waals surface area contributed by atoms with Gasteiger partial charge in [0, 0.05) is 31.2 Å². The lowest BCUT2D eigenvalue weighted by Gasteiger charge is -2.38. The van der Waals surface area contributed by atoms with E-state index >= 15 is 0 Å². The Balaban J connectivity index is 2.02. The molecular weight excluding hydrogens is 204 g/mol. The summed E-state index contributed by atoms with van der Waals surface area (Å²) in [6.07, 6.45) is 0. The lowest BCUT2D eigenvalue weighted by molar-refractivity contribution is 0.0362. The zero-order chi connectivity index (χ0) is 11.5. The van der Waals surface area contributed by atoms with Crippen LogP contribution in [0.2, 0.25) is 0 Å². The molecule has 1 aliphatic rings. The summed E-state index contributed by atoms with van der Waals surface area (Å²) >= 11 is 0. The monoisotopic (exact) mass is 216 g/mol. The number of nitriles is 1. The summed E-state index contributed by atoms with van der Waals surface area (Å²) in [6.45, 7) is 1.38. The highest BCUT2D eigenvalue weighted by Crippen LogP contribution is 2.18. The van der Waals surface area contributed by atoms with Crippen LogP contribution in [0.15, 0.2) is 24.3 Å². The summed E-state index contributed by atoms with van der Waals surface area (Å²) in [5.74, 6) is 0.191. The van der Waals surface area contributed by atoms with Crippen molar-refractivity contribution < 1.29 is 9.90 Å². The van der Waals surface area contributed by atoms with Gasteiger partial charge in [-0.15, -0.1) is 0 Å². The second-order valence-electron chi connectivity index (χ2n) is 3.95. The minimum Gasteiger partial charge on any atom is -0.396 e. The Kier molecular flexibility index (Phi) is 2.88. The van der Waals surface area contributed by atoms with Gasteiger partial charge in [-0.1, -0.05) is 0 Å². The van der Waals surface area contributed by atoms with Gasteiger partial charge in [-0.3, -0.25) is 4.79 Å². The Bertz CT molecular complexity index is 427. The predicted octanol–water partition coefficient (Wildman–Crippen LogP) is 0.623. The molecule has 0 radical (unpaired) electrons. The Morgan fingerprint density at radius 3 is 2.56 bits per heavy atom. The maximum atomic E-state index is 11.8. The molecule has 1 amide bonds. The molecule has 82 valence electrons. The summed E-state index contributed by atoms with van der Waals surface area (Å²) in [4.78, 5) is 13.5. The van der Waals surface area contributed by atoms with Crippen molar-refractivity contribution in [3.05, 3.63) is 35.4 Å². The number of hydrogen-bond acceptors (Lipinski definition) is 3. The van der Waals surface area contributed by atoms with E-state index in [1.165, 1.54) is 0 Å². The van der Waals surface area contributed by atoms with E-state index in [1.807, 2.05) is 6.07 Å². The molecule has 4 heteroatoms. The van der Waals surface area contributed by atoms with Crippen molar-refractivity contribution in [1.29, 1.82) is 5.26 Å². The lowest BCUT2D eigenvalue weighted by atomic mass is 10.00. The SMILES string of the molecule is N#Cc1ccc(C(=O)N2CC(CO)C2)cc1. The van der Waals surface area contributed by atoms with Gasteiger partial charge in [-0.2, -0.15) is 5.26 Å². The Hall–Kier alpha value is -1.86. The van der Waals surface area contributed by atoms with Crippen LogP contribution in [0.3, 0.4) is 0 Å². The van der Waals surface area contributed by atoms with Crippen molar-refractivity contribution in [3.63, 3.8) is 0 Å². The topological polar surface area (TPSA) is 64.3 Å². The fourth-order valence-electron chi connectivity index (χ4n) is 1.72. The minimum atomic E-state index is -0.0332. The van der Waals surface area contributed by atoms with Crippen LogP contribution in [0, 0.1) is 17.2 Å². The second-order valence-corrected chi connectivity index (χ2v) is 3.95. The normalized spacial score (nSPS) is 15.4. The Morgan fingerprint density at radius 2 is 2.06 bits per heavy atom. The maximum absolute atomic E-state index is 11.8. The molecule has 0 atom stereocenters. The van der Waals surface area contributed by atoms with E-state index in [1.54, 1.807) is 29.2 Å². The van der Waals surface area contributed by atoms with E-state index in [4.69, 9.17) is 10.4 Å². The van der Waals surface area contributed by atoms with E-state index in [2.05, 4.69) is 0 Å². The van der Waals surface area contributed by atoms with E-state index in [0.717, 1.165) is 0 Å². The van der Waals surface area contributed by atoms with E-state index in [0.29, 0.717) is 24.2 Å². The van der Waals surface area contributed by atoms with Crippen molar-refractivity contribution in [2.45, 2.75) is 0 Å². The van der Waals surface area contributed by atoms with Gasteiger partial charge in [0.05, 0.1) is 11.6 Å². The van der Waals surface area contributed by atoms with Gasteiger partial charge in [-0.05, 0) is 24.3 Å². The number of nitrogens with zero attached hydrogens (tertiary/aromatic N) is 2. The van der Waals surface area contributed by atoms with Crippen molar-refractivity contribution in [2.75, 3.05) is 19.7 Å². The smallest absolute Gasteiger partial charge is 0.253 e. The van der Waals surface area contributed by atoms with E-state index < -0.39 is 0 Å². The first-order valence-corrected chi connectivity index (χ1v) is 5.15. The van der Waals surface area contributed by atoms with Crippen LogP contribution in [0.5, 0.6) is 0 Å². The molecule has 2 rings (SSSR count). The number of hydrogen-bond donors (Lipinski definition) is 1. The van der Waals surface area contributed by atoms with E-state index in [9.17, 15) is 4.79 Å². The van der Waals surface area contributed by atoms with Crippen molar-refractivity contribution in [1.82, 2.24) is 4.90 Å². The molecule has 1 aliphatic heterocycles. The van der Waals surface area contributed by atoms with E-state index in [-0.39, 0.29) is 18.4 Å². The fraction of sp³-hybridized carbons (Fsp3) is 0.333. The van der Waals surface area contributed by atoms with Crippen LogP contribution in [0.4, 0.5) is 0 Å². The van der Waals surface area contributed by atoms with Crippen molar-refractivity contribution in [2.24, 2.45) is 5.92 Å². The summed E-state index contributed by atoms with van der Waals surface area (Å²) < 4.78 is 0. The minimum absolute atomic E-state index is 0.0332. The lowest BCUT2D eigenvalue weighted by Crippen LogP contribution is -2.51. The van der Waals surface area contributed by atoms with Gasteiger partial charge in [0.15, 0.2) is 0 Å². The molecule has 0 spiro atoms. The zero-order valence-corrected chi connectivity index (χ0v) is 8.76. The average Bonchev–Trinajstić information content (AvgIpc) is 2.27. The predicted molar refractivity (Wildman–Crippen MR) is 57.6 cm³/mol. The van der Waals surface area contributed by atoms with Gasteiger partial charge >= 0.3 is 0 Å². The van der Waals surface area contributed by atoms with Gasteiger partial charge < -0.3 is 10.0 Å². The number of rotatable bonds is 2. The molecule has 16 heavy (non-hydrogen) atoms. The van der Waals surface area contributed by atoms with Crippen LogP contribution in [-0.4, -0.2) is 35.6 Å². The number of amides is 1. The third kappa shape index (κ3) is 1.90. The Morgan fingerprint density at radius 1 is 1.44 bits per heavy atom. The summed E-state index contributed by atoms with van der Waals surface area (Å²) in [5.41, 5.74) is 1.14. The number of aliphatic hydroxyl groups excluding tert-OH is 1. The molecule has 1 aromatic rings. The largest absolute Gasteiger partial charge is 0.396 e. The van der Waals surface area contributed by atoms with Gasteiger partial charge in [0.1, 0.15) is 0 Å². The molecule has 0 unspecified atom stereocenters. The quantitative estimate of drug-likeness (QED) is 0.788. The molecular formula is C12H12N2O2. The highest BCUT2D eigenvalue weighted by atomic mass is 16.3. The van der Waals surface area contributed by atoms with Crippen molar-refractivity contribution in [3.8, 4) is 6.07 Å². The summed E-state index contributed by atoms with van der Waals surface area (Å²) in [6, 6.07) is 8.60. The van der Waals surface area contributed by atoms with Crippen LogP contribution in [0.1, 0.15) is 15.9 Å². The first-order valence-electron chi connectivity index (χ1n) is 5.15. The standard InChI is InChI=1S/C12H12N2O2/c13-5-9-1-3-11(4-2-9)12(16)14-6-10(7-14)8-15/h1-4,10,15H,6-8H2. The van der Waals surface area contributed by atoms with Crippen LogP contribution >= 0.6 is 0 Å². The van der Waals surface area contributed by atoms with Crippen LogP contribution in [0.25, 0.3) is 0 Å². The van der Waals surface area contributed by atoms with Gasteiger partial charge in [-0.25, -0.2) is 0 Å². The van der Waals surface area contributed by atoms with Crippen LogP contribution in [-0.2, 0) is 0 Å². The summed E-state index contributed by atoms with van der Waals surface area (Å²) in [7, 11) is 0. The molecule has 0 aromatic heterocycles. The number of likely N-dealkylation sites (tertiary alicyclic amines) is 1. The Labute approximate surface area is 93.7 Å². The maximum Gasteiger partial charge on any atom is 0.253 e. The van der Waals surface area contributed by atoms with Gasteiger partial charge in [0.2, 0.25) is 0 Å². The molecule has 0 bridgehead atoms. The van der Waals surface area contributed by atoms with Gasteiger partial charge in [0.25, 0.3) is 5.91 Å². The second kappa shape index (κ2) is 4.33. The van der Waals surface area contributed by atoms with Crippen molar-refractivity contribution >= 4 is 5.91 Å².